The molecule has 5 N–H and O–H groups in total. The summed E-state index contributed by atoms with van der Waals surface area (Å²) in [6, 6.07) is 5.05. The van der Waals surface area contributed by atoms with E-state index in [9.17, 15) is 0 Å². The molecule has 0 radical (unpaired) electrons. The van der Waals surface area contributed by atoms with Gasteiger partial charge >= 0.3 is 0 Å². The lowest BCUT2D eigenvalue weighted by Gasteiger charge is -2.10. The maximum atomic E-state index is 6.00. The predicted molar refractivity (Wildman–Crippen MR) is 63.8 cm³/mol. The summed E-state index contributed by atoms with van der Waals surface area (Å²) in [5.74, 6) is 5.26. The van der Waals surface area contributed by atoms with Crippen LogP contribution in [-0.4, -0.2) is 5.96 Å². The van der Waals surface area contributed by atoms with Crippen LogP contribution >= 0.6 is 23.2 Å². The van der Waals surface area contributed by atoms with Gasteiger partial charge in [-0.1, -0.05) is 29.3 Å². The van der Waals surface area contributed by atoms with Crippen molar-refractivity contribution < 1.29 is 0 Å². The Balaban J connectivity index is 2.96. The van der Waals surface area contributed by atoms with Crippen molar-refractivity contribution in [2.45, 2.75) is 13.0 Å². The number of hydrazine groups is 1. The van der Waals surface area contributed by atoms with Crippen LogP contribution in [0.2, 0.25) is 10.0 Å². The zero-order valence-electron chi connectivity index (χ0n) is 8.17. The van der Waals surface area contributed by atoms with Gasteiger partial charge in [0.05, 0.1) is 6.04 Å². The maximum Gasteiger partial charge on any atom is 0.203 e. The smallest absolute Gasteiger partial charge is 0.203 e. The molecular formula is C9H12Cl2N4. The van der Waals surface area contributed by atoms with Gasteiger partial charge in [-0.2, -0.15) is 0 Å². The monoisotopic (exact) mass is 246 g/mol. The SMILES string of the molecule is CC(N=C(N)NN)c1ccc(Cl)cc1Cl. The van der Waals surface area contributed by atoms with Gasteiger partial charge in [-0.25, -0.2) is 10.8 Å². The summed E-state index contributed by atoms with van der Waals surface area (Å²) < 4.78 is 0. The second-order valence-corrected chi connectivity index (χ2v) is 3.84. The maximum absolute atomic E-state index is 6.00. The first-order valence-electron chi connectivity index (χ1n) is 4.29. The van der Waals surface area contributed by atoms with Gasteiger partial charge in [-0.05, 0) is 24.6 Å². The highest BCUT2D eigenvalue weighted by atomic mass is 35.5. The van der Waals surface area contributed by atoms with Gasteiger partial charge in [-0.15, -0.1) is 0 Å². The highest BCUT2D eigenvalue weighted by molar-refractivity contribution is 6.35. The number of nitrogens with one attached hydrogen (secondary N) is 1. The summed E-state index contributed by atoms with van der Waals surface area (Å²) in [4.78, 5) is 4.09. The van der Waals surface area contributed by atoms with Gasteiger partial charge in [0, 0.05) is 10.0 Å². The minimum Gasteiger partial charge on any atom is -0.369 e. The van der Waals surface area contributed by atoms with Crippen LogP contribution in [0.15, 0.2) is 23.2 Å². The topological polar surface area (TPSA) is 76.4 Å². The number of hydrogen-bond donors (Lipinski definition) is 3. The third-order valence-corrected chi connectivity index (χ3v) is 2.46. The van der Waals surface area contributed by atoms with Crippen LogP contribution in [0, 0.1) is 0 Å². The molecule has 1 atom stereocenters. The molecule has 1 rings (SSSR count). The number of aliphatic imine (C=N–C) groups is 1. The van der Waals surface area contributed by atoms with Crippen LogP contribution in [0.1, 0.15) is 18.5 Å². The average molecular weight is 247 g/mol. The summed E-state index contributed by atoms with van der Waals surface area (Å²) in [7, 11) is 0. The van der Waals surface area contributed by atoms with Crippen LogP contribution in [0.3, 0.4) is 0 Å². The standard InChI is InChI=1S/C9H12Cl2N4/c1-5(14-9(12)15-13)7-3-2-6(10)4-8(7)11/h2-5H,13H2,1H3,(H3,12,14,15). The number of rotatable bonds is 2. The van der Waals surface area contributed by atoms with Gasteiger partial charge in [0.2, 0.25) is 5.96 Å². The minimum absolute atomic E-state index is 0.161. The second kappa shape index (κ2) is 5.21. The molecule has 1 aromatic rings. The van der Waals surface area contributed by atoms with E-state index in [0.717, 1.165) is 5.56 Å². The van der Waals surface area contributed by atoms with E-state index in [1.165, 1.54) is 0 Å². The lowest BCUT2D eigenvalue weighted by molar-refractivity contribution is 0.801. The lowest BCUT2D eigenvalue weighted by Crippen LogP contribution is -2.37. The van der Waals surface area contributed by atoms with E-state index in [1.54, 1.807) is 12.1 Å². The first-order chi connectivity index (χ1) is 7.04. The molecule has 1 unspecified atom stereocenters. The predicted octanol–water partition coefficient (Wildman–Crippen LogP) is 1.83. The molecular weight excluding hydrogens is 235 g/mol. The number of hydrogen-bond acceptors (Lipinski definition) is 2. The Hall–Kier alpha value is -0.970. The summed E-state index contributed by atoms with van der Waals surface area (Å²) in [6.07, 6.45) is 0. The van der Waals surface area contributed by atoms with E-state index < -0.39 is 0 Å². The fourth-order valence-corrected chi connectivity index (χ4v) is 1.72. The van der Waals surface area contributed by atoms with Crippen LogP contribution in [-0.2, 0) is 0 Å². The van der Waals surface area contributed by atoms with E-state index in [4.69, 9.17) is 34.8 Å². The molecule has 0 saturated heterocycles. The summed E-state index contributed by atoms with van der Waals surface area (Å²) in [5.41, 5.74) is 8.54. The normalized spacial score (nSPS) is 13.7. The molecule has 0 aliphatic carbocycles. The van der Waals surface area contributed by atoms with Gasteiger partial charge < -0.3 is 5.73 Å². The molecule has 0 aromatic heterocycles. The molecule has 0 fully saturated rings. The van der Waals surface area contributed by atoms with Crippen molar-refractivity contribution in [1.29, 1.82) is 0 Å². The van der Waals surface area contributed by atoms with E-state index in [2.05, 4.69) is 10.4 Å². The average Bonchev–Trinajstić information content (AvgIpc) is 2.17. The first kappa shape index (κ1) is 12.1. The Labute approximate surface area is 98.2 Å². The molecule has 0 heterocycles. The van der Waals surface area contributed by atoms with Crippen LogP contribution in [0.4, 0.5) is 0 Å². The summed E-state index contributed by atoms with van der Waals surface area (Å²) in [6.45, 7) is 1.86. The second-order valence-electron chi connectivity index (χ2n) is 3.00. The molecule has 0 amide bonds. The van der Waals surface area contributed by atoms with E-state index >= 15 is 0 Å². The summed E-state index contributed by atoms with van der Waals surface area (Å²) >= 11 is 11.8. The fourth-order valence-electron chi connectivity index (χ4n) is 1.16. The number of nitrogens with zero attached hydrogens (tertiary/aromatic N) is 1. The first-order valence-corrected chi connectivity index (χ1v) is 5.05. The van der Waals surface area contributed by atoms with Gasteiger partial charge in [0.1, 0.15) is 0 Å². The molecule has 0 bridgehead atoms. The Morgan fingerprint density at radius 3 is 2.67 bits per heavy atom. The highest BCUT2D eigenvalue weighted by Crippen LogP contribution is 2.27. The number of benzene rings is 1. The zero-order valence-corrected chi connectivity index (χ0v) is 9.68. The Morgan fingerprint density at radius 1 is 1.47 bits per heavy atom. The van der Waals surface area contributed by atoms with Gasteiger partial charge in [-0.3, -0.25) is 5.43 Å². The largest absolute Gasteiger partial charge is 0.369 e. The van der Waals surface area contributed by atoms with Crippen molar-refractivity contribution in [2.24, 2.45) is 16.6 Å². The number of guanidine groups is 1. The van der Waals surface area contributed by atoms with E-state index in [1.807, 2.05) is 13.0 Å². The molecule has 6 heteroatoms. The van der Waals surface area contributed by atoms with Gasteiger partial charge in [0.25, 0.3) is 0 Å². The van der Waals surface area contributed by atoms with Crippen molar-refractivity contribution in [3.05, 3.63) is 33.8 Å². The number of nitrogens with two attached hydrogens (primary N) is 2. The van der Waals surface area contributed by atoms with E-state index in [0.29, 0.717) is 10.0 Å². The lowest BCUT2D eigenvalue weighted by atomic mass is 10.1. The fraction of sp³-hybridized carbons (Fsp3) is 0.222. The molecule has 15 heavy (non-hydrogen) atoms. The van der Waals surface area contributed by atoms with Crippen LogP contribution in [0.25, 0.3) is 0 Å². The Bertz CT molecular complexity index is 378. The number of halogens is 2. The third-order valence-electron chi connectivity index (χ3n) is 1.89. The van der Waals surface area contributed by atoms with Crippen molar-refractivity contribution >= 4 is 29.2 Å². The van der Waals surface area contributed by atoms with Crippen molar-refractivity contribution in [1.82, 2.24) is 5.43 Å². The summed E-state index contributed by atoms with van der Waals surface area (Å²) in [5, 5.41) is 1.15. The molecule has 4 nitrogen and oxygen atoms in total. The van der Waals surface area contributed by atoms with Crippen LogP contribution < -0.4 is 17.0 Å². The Kier molecular flexibility index (Phi) is 4.20. The molecule has 0 spiro atoms. The van der Waals surface area contributed by atoms with Crippen molar-refractivity contribution in [3.63, 3.8) is 0 Å². The zero-order chi connectivity index (χ0) is 11.4. The van der Waals surface area contributed by atoms with Crippen molar-refractivity contribution in [3.8, 4) is 0 Å². The molecule has 1 aromatic carbocycles. The third kappa shape index (κ3) is 3.27. The molecule has 0 aliphatic heterocycles. The van der Waals surface area contributed by atoms with Crippen LogP contribution in [0.5, 0.6) is 0 Å². The van der Waals surface area contributed by atoms with Crippen molar-refractivity contribution in [2.75, 3.05) is 0 Å². The molecule has 0 saturated carbocycles. The van der Waals surface area contributed by atoms with E-state index in [-0.39, 0.29) is 12.0 Å². The quantitative estimate of drug-likeness (QED) is 0.323. The minimum atomic E-state index is -0.175. The molecule has 82 valence electrons. The van der Waals surface area contributed by atoms with Gasteiger partial charge in [0.15, 0.2) is 0 Å². The highest BCUT2D eigenvalue weighted by Gasteiger charge is 2.09. The Morgan fingerprint density at radius 2 is 2.13 bits per heavy atom. The molecule has 0 aliphatic rings.